The minimum atomic E-state index is -4.70. The van der Waals surface area contributed by atoms with Crippen LogP contribution in [0.15, 0.2) is 54.6 Å². The standard InChI is InChI=1S/C19H20F3N3OS/c1-24-11-12-25(17(13-24)14-5-3-2-4-6-14)18(27)23-15-7-9-16(10-8-15)26-19(20,21)22/h2-10,17H,11-13H2,1H3,(H,23,27)/p+1/t17-/m0/s1. The summed E-state index contributed by atoms with van der Waals surface area (Å²) in [6.07, 6.45) is -4.70. The molecule has 4 nitrogen and oxygen atoms in total. The molecular formula is C19H21F3N3OS+. The van der Waals surface area contributed by atoms with Crippen LogP contribution in [0, 0.1) is 0 Å². The third kappa shape index (κ3) is 5.33. The summed E-state index contributed by atoms with van der Waals surface area (Å²) in [5.41, 5.74) is 1.81. The van der Waals surface area contributed by atoms with Gasteiger partial charge in [0.2, 0.25) is 0 Å². The van der Waals surface area contributed by atoms with Crippen LogP contribution in [0.1, 0.15) is 11.6 Å². The van der Waals surface area contributed by atoms with Crippen molar-refractivity contribution in [2.24, 2.45) is 0 Å². The lowest BCUT2D eigenvalue weighted by atomic mass is 10.0. The SMILES string of the molecule is C[NH+]1CCN(C(=S)Nc2ccc(OC(F)(F)F)cc2)[C@H](c2ccccc2)C1. The summed E-state index contributed by atoms with van der Waals surface area (Å²) in [7, 11) is 2.16. The van der Waals surface area contributed by atoms with Crippen LogP contribution in [0.25, 0.3) is 0 Å². The van der Waals surface area contributed by atoms with E-state index in [0.29, 0.717) is 10.8 Å². The lowest BCUT2D eigenvalue weighted by Gasteiger charge is -2.39. The van der Waals surface area contributed by atoms with Crippen molar-refractivity contribution in [2.45, 2.75) is 12.4 Å². The summed E-state index contributed by atoms with van der Waals surface area (Å²) < 4.78 is 40.7. The highest BCUT2D eigenvalue weighted by molar-refractivity contribution is 7.80. The number of quaternary nitrogens is 1. The van der Waals surface area contributed by atoms with Crippen LogP contribution in [0.3, 0.4) is 0 Å². The van der Waals surface area contributed by atoms with Gasteiger partial charge in [-0.3, -0.25) is 0 Å². The molecular weight excluding hydrogens is 375 g/mol. The number of nitrogens with one attached hydrogen (secondary N) is 2. The van der Waals surface area contributed by atoms with E-state index >= 15 is 0 Å². The number of thiocarbonyl (C=S) groups is 1. The molecule has 0 aromatic heterocycles. The number of likely N-dealkylation sites (N-methyl/N-ethyl adjacent to an activating group) is 1. The number of hydrogen-bond acceptors (Lipinski definition) is 2. The largest absolute Gasteiger partial charge is 0.573 e. The highest BCUT2D eigenvalue weighted by Crippen LogP contribution is 2.25. The van der Waals surface area contributed by atoms with Gasteiger partial charge >= 0.3 is 6.36 Å². The number of ether oxygens (including phenoxy) is 1. The number of anilines is 1. The Labute approximate surface area is 161 Å². The molecule has 3 rings (SSSR count). The van der Waals surface area contributed by atoms with Gasteiger partial charge in [-0.2, -0.15) is 0 Å². The number of alkyl halides is 3. The maximum atomic E-state index is 12.3. The van der Waals surface area contributed by atoms with Gasteiger partial charge in [0.1, 0.15) is 18.3 Å². The molecule has 1 fully saturated rings. The Balaban J connectivity index is 1.70. The first-order valence-electron chi connectivity index (χ1n) is 8.61. The summed E-state index contributed by atoms with van der Waals surface area (Å²) in [5.74, 6) is -0.260. The highest BCUT2D eigenvalue weighted by Gasteiger charge is 2.32. The summed E-state index contributed by atoms with van der Waals surface area (Å²) >= 11 is 5.59. The van der Waals surface area contributed by atoms with E-state index in [1.807, 2.05) is 18.2 Å². The molecule has 2 aromatic rings. The minimum Gasteiger partial charge on any atom is -0.406 e. The molecule has 1 saturated heterocycles. The molecule has 0 bridgehead atoms. The van der Waals surface area contributed by atoms with E-state index in [4.69, 9.17) is 12.2 Å². The Hall–Kier alpha value is -2.32. The highest BCUT2D eigenvalue weighted by atomic mass is 32.1. The fourth-order valence-electron chi connectivity index (χ4n) is 3.16. The van der Waals surface area contributed by atoms with Gasteiger partial charge in [-0.25, -0.2) is 0 Å². The Morgan fingerprint density at radius 1 is 1.15 bits per heavy atom. The second-order valence-corrected chi connectivity index (χ2v) is 6.92. The molecule has 8 heteroatoms. The summed E-state index contributed by atoms with van der Waals surface area (Å²) in [4.78, 5) is 3.56. The van der Waals surface area contributed by atoms with Crippen molar-refractivity contribution in [2.75, 3.05) is 32.0 Å². The second kappa shape index (κ2) is 8.14. The Bertz CT molecular complexity index is 768. The maximum Gasteiger partial charge on any atom is 0.573 e. The zero-order valence-electron chi connectivity index (χ0n) is 14.8. The number of benzene rings is 2. The quantitative estimate of drug-likeness (QED) is 0.781. The van der Waals surface area contributed by atoms with Crippen molar-refractivity contribution in [1.29, 1.82) is 0 Å². The van der Waals surface area contributed by atoms with E-state index < -0.39 is 6.36 Å². The predicted molar refractivity (Wildman–Crippen MR) is 102 cm³/mol. The maximum absolute atomic E-state index is 12.3. The molecule has 1 aliphatic heterocycles. The van der Waals surface area contributed by atoms with Crippen molar-refractivity contribution in [3.63, 3.8) is 0 Å². The van der Waals surface area contributed by atoms with Gasteiger partial charge in [0.25, 0.3) is 0 Å². The summed E-state index contributed by atoms with van der Waals surface area (Å²) in [6.45, 7) is 2.68. The van der Waals surface area contributed by atoms with E-state index in [1.165, 1.54) is 34.7 Å². The van der Waals surface area contributed by atoms with Crippen molar-refractivity contribution in [1.82, 2.24) is 4.90 Å². The molecule has 1 aliphatic rings. The molecule has 2 N–H and O–H groups in total. The Morgan fingerprint density at radius 2 is 1.81 bits per heavy atom. The van der Waals surface area contributed by atoms with Crippen LogP contribution >= 0.6 is 12.2 Å². The number of halogens is 3. The lowest BCUT2D eigenvalue weighted by Crippen LogP contribution is -3.12. The number of rotatable bonds is 3. The van der Waals surface area contributed by atoms with Crippen LogP contribution in [0.5, 0.6) is 5.75 Å². The predicted octanol–water partition coefficient (Wildman–Crippen LogP) is 2.85. The monoisotopic (exact) mass is 396 g/mol. The Kier molecular flexibility index (Phi) is 5.86. The van der Waals surface area contributed by atoms with Crippen LogP contribution in [-0.2, 0) is 0 Å². The molecule has 0 spiro atoms. The first-order valence-corrected chi connectivity index (χ1v) is 9.02. The van der Waals surface area contributed by atoms with Gasteiger partial charge in [-0.1, -0.05) is 30.3 Å². The van der Waals surface area contributed by atoms with E-state index in [2.05, 4.69) is 34.1 Å². The fraction of sp³-hybridized carbons (Fsp3) is 0.316. The zero-order valence-corrected chi connectivity index (χ0v) is 15.6. The van der Waals surface area contributed by atoms with E-state index in [9.17, 15) is 13.2 Å². The van der Waals surface area contributed by atoms with E-state index in [0.717, 1.165) is 19.6 Å². The number of nitrogens with zero attached hydrogens (tertiary/aromatic N) is 1. The van der Waals surface area contributed by atoms with Crippen LogP contribution in [0.4, 0.5) is 18.9 Å². The van der Waals surface area contributed by atoms with E-state index in [-0.39, 0.29) is 11.8 Å². The fourth-order valence-corrected chi connectivity index (χ4v) is 3.50. The summed E-state index contributed by atoms with van der Waals surface area (Å²) in [6, 6.07) is 15.9. The molecule has 1 heterocycles. The first kappa shape index (κ1) is 19.4. The first-order chi connectivity index (χ1) is 12.8. The van der Waals surface area contributed by atoms with Gasteiger partial charge < -0.3 is 19.9 Å². The van der Waals surface area contributed by atoms with Crippen molar-refractivity contribution in [3.8, 4) is 5.75 Å². The average molecular weight is 396 g/mol. The average Bonchev–Trinajstić information content (AvgIpc) is 2.63. The van der Waals surface area contributed by atoms with Crippen LogP contribution in [0.2, 0.25) is 0 Å². The minimum absolute atomic E-state index is 0.146. The molecule has 27 heavy (non-hydrogen) atoms. The number of hydrogen-bond donors (Lipinski definition) is 2. The third-order valence-electron chi connectivity index (χ3n) is 4.48. The molecule has 0 saturated carbocycles. The van der Waals surface area contributed by atoms with Crippen molar-refractivity contribution in [3.05, 3.63) is 60.2 Å². The Morgan fingerprint density at radius 3 is 2.44 bits per heavy atom. The summed E-state index contributed by atoms with van der Waals surface area (Å²) in [5, 5.41) is 3.68. The molecule has 2 atom stereocenters. The molecule has 0 radical (unpaired) electrons. The smallest absolute Gasteiger partial charge is 0.406 e. The molecule has 144 valence electrons. The van der Waals surface area contributed by atoms with Gasteiger partial charge in [0, 0.05) is 5.69 Å². The molecule has 0 amide bonds. The van der Waals surface area contributed by atoms with Crippen LogP contribution in [-0.4, -0.2) is 43.1 Å². The topological polar surface area (TPSA) is 28.9 Å². The van der Waals surface area contributed by atoms with E-state index in [1.54, 1.807) is 0 Å². The van der Waals surface area contributed by atoms with Crippen molar-refractivity contribution >= 4 is 23.0 Å². The lowest BCUT2D eigenvalue weighted by molar-refractivity contribution is -0.887. The van der Waals surface area contributed by atoms with Crippen molar-refractivity contribution < 1.29 is 22.8 Å². The van der Waals surface area contributed by atoms with Gasteiger partial charge in [-0.15, -0.1) is 13.2 Å². The van der Waals surface area contributed by atoms with Gasteiger partial charge in [-0.05, 0) is 42.0 Å². The second-order valence-electron chi connectivity index (χ2n) is 6.53. The normalized spacial score (nSPS) is 20.2. The van der Waals surface area contributed by atoms with Gasteiger partial charge in [0.15, 0.2) is 5.11 Å². The molecule has 0 aliphatic carbocycles. The van der Waals surface area contributed by atoms with Crippen LogP contribution < -0.4 is 15.0 Å². The molecule has 2 aromatic carbocycles. The molecule has 1 unspecified atom stereocenters. The van der Waals surface area contributed by atoms with Gasteiger partial charge in [0.05, 0.1) is 20.1 Å². The number of piperazine rings is 1. The zero-order chi connectivity index (χ0) is 19.4. The third-order valence-corrected chi connectivity index (χ3v) is 4.82.